The number of carbonyl (C=O) groups excluding carboxylic acids is 1. The Hall–Kier alpha value is -2.38. The number of benzene rings is 2. The van der Waals surface area contributed by atoms with Crippen LogP contribution in [-0.4, -0.2) is 45.1 Å². The minimum Gasteiger partial charge on any atom is -0.350 e. The maximum absolute atomic E-state index is 12.6. The van der Waals surface area contributed by atoms with Gasteiger partial charge in [0.15, 0.2) is 0 Å². The summed E-state index contributed by atoms with van der Waals surface area (Å²) >= 11 is 0. The van der Waals surface area contributed by atoms with Crippen molar-refractivity contribution in [2.75, 3.05) is 30.2 Å². The molecular formula is C22H29N3O3S. The number of anilines is 1. The Bertz CT molecular complexity index is 953. The van der Waals surface area contributed by atoms with Gasteiger partial charge in [0, 0.05) is 13.1 Å². The molecule has 2 aromatic rings. The summed E-state index contributed by atoms with van der Waals surface area (Å²) in [5, 5.41) is 2.89. The third-order valence-electron chi connectivity index (χ3n) is 5.26. The lowest BCUT2D eigenvalue weighted by Gasteiger charge is -2.24. The number of amides is 1. The van der Waals surface area contributed by atoms with Gasteiger partial charge in [0.05, 0.1) is 11.9 Å². The van der Waals surface area contributed by atoms with Crippen LogP contribution < -0.4 is 9.62 Å². The summed E-state index contributed by atoms with van der Waals surface area (Å²) in [7, 11) is -3.58. The Labute approximate surface area is 173 Å². The number of hydrogen-bond acceptors (Lipinski definition) is 4. The highest BCUT2D eigenvalue weighted by Crippen LogP contribution is 2.22. The van der Waals surface area contributed by atoms with E-state index < -0.39 is 10.0 Å². The summed E-state index contributed by atoms with van der Waals surface area (Å²) in [5.74, 6) is -0.324. The van der Waals surface area contributed by atoms with E-state index in [1.807, 2.05) is 37.3 Å². The predicted octanol–water partition coefficient (Wildman–Crippen LogP) is 2.67. The molecule has 0 unspecified atom stereocenters. The molecule has 1 heterocycles. The van der Waals surface area contributed by atoms with Gasteiger partial charge in [0.2, 0.25) is 15.9 Å². The van der Waals surface area contributed by atoms with Crippen molar-refractivity contribution in [1.82, 2.24) is 10.2 Å². The first-order valence-corrected chi connectivity index (χ1v) is 11.8. The molecule has 1 aliphatic rings. The molecule has 3 rings (SSSR count). The van der Waals surface area contributed by atoms with Gasteiger partial charge in [-0.05, 0) is 55.6 Å². The molecule has 0 saturated carbocycles. The Morgan fingerprint density at radius 3 is 2.31 bits per heavy atom. The molecule has 0 aliphatic carbocycles. The standard InChI is InChI=1S/C22H29N3O3S/c1-18-9-3-6-12-21(18)25(29(2,27)28)17-22(26)23-15-19-10-4-5-11-20(19)16-24-13-7-8-14-24/h3-6,9-12H,7-8,13-17H2,1-2H3,(H,23,26). The maximum Gasteiger partial charge on any atom is 0.241 e. The van der Waals surface area contributed by atoms with E-state index in [2.05, 4.69) is 16.3 Å². The van der Waals surface area contributed by atoms with E-state index in [1.54, 1.807) is 12.1 Å². The van der Waals surface area contributed by atoms with Crippen molar-refractivity contribution in [3.8, 4) is 0 Å². The van der Waals surface area contributed by atoms with Crippen molar-refractivity contribution in [2.45, 2.75) is 32.9 Å². The van der Waals surface area contributed by atoms with E-state index in [9.17, 15) is 13.2 Å². The first kappa shape index (κ1) is 21.3. The van der Waals surface area contributed by atoms with Gasteiger partial charge in [-0.3, -0.25) is 14.0 Å². The first-order valence-electron chi connectivity index (χ1n) is 9.94. The third-order valence-corrected chi connectivity index (χ3v) is 6.39. The van der Waals surface area contributed by atoms with E-state index in [0.717, 1.165) is 41.3 Å². The van der Waals surface area contributed by atoms with Crippen LogP contribution in [0.4, 0.5) is 5.69 Å². The number of likely N-dealkylation sites (tertiary alicyclic amines) is 1. The third kappa shape index (κ3) is 5.81. The molecular weight excluding hydrogens is 386 g/mol. The zero-order chi connectivity index (χ0) is 20.9. The van der Waals surface area contributed by atoms with Gasteiger partial charge in [-0.2, -0.15) is 0 Å². The summed E-state index contributed by atoms with van der Waals surface area (Å²) < 4.78 is 25.7. The lowest BCUT2D eigenvalue weighted by atomic mass is 10.1. The molecule has 156 valence electrons. The molecule has 1 saturated heterocycles. The van der Waals surface area contributed by atoms with Crippen LogP contribution in [0.2, 0.25) is 0 Å². The molecule has 29 heavy (non-hydrogen) atoms. The molecule has 0 aromatic heterocycles. The molecule has 1 N–H and O–H groups in total. The summed E-state index contributed by atoms with van der Waals surface area (Å²) in [4.78, 5) is 15.0. The number of para-hydroxylation sites is 1. The van der Waals surface area contributed by atoms with Crippen LogP contribution >= 0.6 is 0 Å². The number of nitrogens with one attached hydrogen (secondary N) is 1. The lowest BCUT2D eigenvalue weighted by molar-refractivity contribution is -0.119. The number of sulfonamides is 1. The van der Waals surface area contributed by atoms with E-state index in [1.165, 1.54) is 18.4 Å². The maximum atomic E-state index is 12.6. The molecule has 2 aromatic carbocycles. The van der Waals surface area contributed by atoms with Crippen molar-refractivity contribution in [3.05, 3.63) is 65.2 Å². The van der Waals surface area contributed by atoms with Crippen LogP contribution in [0.15, 0.2) is 48.5 Å². The molecule has 0 radical (unpaired) electrons. The van der Waals surface area contributed by atoms with E-state index in [0.29, 0.717) is 12.2 Å². The van der Waals surface area contributed by atoms with Crippen LogP contribution in [0.3, 0.4) is 0 Å². The highest BCUT2D eigenvalue weighted by atomic mass is 32.2. The van der Waals surface area contributed by atoms with Gasteiger partial charge in [-0.15, -0.1) is 0 Å². The van der Waals surface area contributed by atoms with Gasteiger partial charge in [-0.1, -0.05) is 42.5 Å². The molecule has 7 heteroatoms. The van der Waals surface area contributed by atoms with Crippen molar-refractivity contribution in [2.24, 2.45) is 0 Å². The zero-order valence-corrected chi connectivity index (χ0v) is 17.9. The molecule has 1 fully saturated rings. The van der Waals surface area contributed by atoms with Crippen LogP contribution in [0.25, 0.3) is 0 Å². The molecule has 0 bridgehead atoms. The molecule has 6 nitrogen and oxygen atoms in total. The average molecular weight is 416 g/mol. The summed E-state index contributed by atoms with van der Waals surface area (Å²) in [5.41, 5.74) is 3.60. The number of rotatable bonds is 8. The van der Waals surface area contributed by atoms with Crippen LogP contribution in [-0.2, 0) is 27.9 Å². The average Bonchev–Trinajstić information content (AvgIpc) is 3.18. The van der Waals surface area contributed by atoms with E-state index in [-0.39, 0.29) is 12.5 Å². The van der Waals surface area contributed by atoms with Crippen LogP contribution in [0.5, 0.6) is 0 Å². The Balaban J connectivity index is 1.66. The van der Waals surface area contributed by atoms with Gasteiger partial charge in [-0.25, -0.2) is 8.42 Å². The zero-order valence-electron chi connectivity index (χ0n) is 17.1. The minimum absolute atomic E-state index is 0.238. The second-order valence-corrected chi connectivity index (χ2v) is 9.49. The van der Waals surface area contributed by atoms with Crippen molar-refractivity contribution in [1.29, 1.82) is 0 Å². The summed E-state index contributed by atoms with van der Waals surface area (Å²) in [6.45, 7) is 5.08. The SMILES string of the molecule is Cc1ccccc1N(CC(=O)NCc1ccccc1CN1CCCC1)S(C)(=O)=O. The van der Waals surface area contributed by atoms with Gasteiger partial charge >= 0.3 is 0 Å². The Morgan fingerprint density at radius 2 is 1.66 bits per heavy atom. The molecule has 0 atom stereocenters. The molecule has 1 amide bonds. The van der Waals surface area contributed by atoms with Crippen LogP contribution in [0, 0.1) is 6.92 Å². The quantitative estimate of drug-likeness (QED) is 0.720. The van der Waals surface area contributed by atoms with Gasteiger partial charge < -0.3 is 5.32 Å². The monoisotopic (exact) mass is 415 g/mol. The second kappa shape index (κ2) is 9.41. The molecule has 0 spiro atoms. The minimum atomic E-state index is -3.58. The Kier molecular flexibility index (Phi) is 6.92. The largest absolute Gasteiger partial charge is 0.350 e. The highest BCUT2D eigenvalue weighted by molar-refractivity contribution is 7.92. The first-order chi connectivity index (χ1) is 13.8. The topological polar surface area (TPSA) is 69.7 Å². The van der Waals surface area contributed by atoms with Crippen LogP contribution in [0.1, 0.15) is 29.5 Å². The fraction of sp³-hybridized carbons (Fsp3) is 0.409. The molecule has 1 aliphatic heterocycles. The number of nitrogens with zero attached hydrogens (tertiary/aromatic N) is 2. The highest BCUT2D eigenvalue weighted by Gasteiger charge is 2.22. The van der Waals surface area contributed by atoms with Crippen molar-refractivity contribution in [3.63, 3.8) is 0 Å². The predicted molar refractivity (Wildman–Crippen MR) is 116 cm³/mol. The number of carbonyl (C=O) groups is 1. The second-order valence-electron chi connectivity index (χ2n) is 7.58. The van der Waals surface area contributed by atoms with E-state index in [4.69, 9.17) is 0 Å². The lowest BCUT2D eigenvalue weighted by Crippen LogP contribution is -2.40. The number of aryl methyl sites for hydroxylation is 1. The fourth-order valence-corrected chi connectivity index (χ4v) is 4.58. The van der Waals surface area contributed by atoms with Gasteiger partial charge in [0.1, 0.15) is 6.54 Å². The normalized spacial score (nSPS) is 14.7. The van der Waals surface area contributed by atoms with Crippen molar-refractivity contribution >= 4 is 21.6 Å². The van der Waals surface area contributed by atoms with Gasteiger partial charge in [0.25, 0.3) is 0 Å². The number of hydrogen-bond donors (Lipinski definition) is 1. The van der Waals surface area contributed by atoms with Crippen molar-refractivity contribution < 1.29 is 13.2 Å². The van der Waals surface area contributed by atoms with E-state index >= 15 is 0 Å². The summed E-state index contributed by atoms with van der Waals surface area (Å²) in [6.07, 6.45) is 3.59. The fourth-order valence-electron chi connectivity index (χ4n) is 3.67. The Morgan fingerprint density at radius 1 is 1.03 bits per heavy atom. The smallest absolute Gasteiger partial charge is 0.241 e. The summed E-state index contributed by atoms with van der Waals surface area (Å²) in [6, 6.07) is 15.3.